The highest BCUT2D eigenvalue weighted by atomic mass is 16.2. The minimum atomic E-state index is -0.0230. The highest BCUT2D eigenvalue weighted by Crippen LogP contribution is 2.19. The van der Waals surface area contributed by atoms with Crippen LogP contribution in [-0.4, -0.2) is 40.4 Å². The minimum absolute atomic E-state index is 0.0230. The molecule has 1 aliphatic rings. The first-order valence-electron chi connectivity index (χ1n) is 9.27. The SMILES string of the molecule is CCCN(CCC)C(=O)c1cnc(NCCC2=CCCCC2)cn1. The molecule has 24 heavy (non-hydrogen) atoms. The molecule has 1 amide bonds. The smallest absolute Gasteiger partial charge is 0.274 e. The van der Waals surface area contributed by atoms with E-state index in [0.29, 0.717) is 5.69 Å². The van der Waals surface area contributed by atoms with Crippen LogP contribution in [0, 0.1) is 0 Å². The predicted molar refractivity (Wildman–Crippen MR) is 98.2 cm³/mol. The fraction of sp³-hybridized carbons (Fsp3) is 0.632. The molecule has 0 bridgehead atoms. The van der Waals surface area contributed by atoms with E-state index in [1.807, 2.05) is 4.90 Å². The van der Waals surface area contributed by atoms with Crippen LogP contribution in [0.4, 0.5) is 5.82 Å². The summed E-state index contributed by atoms with van der Waals surface area (Å²) in [7, 11) is 0. The Hall–Kier alpha value is -1.91. The maximum absolute atomic E-state index is 12.5. The second-order valence-corrected chi connectivity index (χ2v) is 6.36. The van der Waals surface area contributed by atoms with Gasteiger partial charge in [0.1, 0.15) is 11.5 Å². The number of carbonyl (C=O) groups excluding carboxylic acids is 1. The van der Waals surface area contributed by atoms with Crippen LogP contribution in [0.15, 0.2) is 24.0 Å². The molecule has 0 aromatic carbocycles. The average Bonchev–Trinajstić information content (AvgIpc) is 2.62. The number of rotatable bonds is 9. The topological polar surface area (TPSA) is 58.1 Å². The van der Waals surface area contributed by atoms with Gasteiger partial charge in [-0.3, -0.25) is 4.79 Å². The van der Waals surface area contributed by atoms with Gasteiger partial charge in [-0.05, 0) is 44.9 Å². The maximum atomic E-state index is 12.5. The Kier molecular flexibility index (Phi) is 7.72. The zero-order valence-corrected chi connectivity index (χ0v) is 15.1. The lowest BCUT2D eigenvalue weighted by molar-refractivity contribution is 0.0749. The fourth-order valence-corrected chi connectivity index (χ4v) is 3.03. The van der Waals surface area contributed by atoms with Gasteiger partial charge in [0.2, 0.25) is 0 Å². The highest BCUT2D eigenvalue weighted by molar-refractivity contribution is 5.92. The van der Waals surface area contributed by atoms with Crippen molar-refractivity contribution in [2.75, 3.05) is 25.0 Å². The highest BCUT2D eigenvalue weighted by Gasteiger charge is 2.15. The van der Waals surface area contributed by atoms with Crippen LogP contribution >= 0.6 is 0 Å². The van der Waals surface area contributed by atoms with Crippen molar-refractivity contribution in [2.24, 2.45) is 0 Å². The summed E-state index contributed by atoms with van der Waals surface area (Å²) in [4.78, 5) is 22.9. The third kappa shape index (κ3) is 5.62. The molecular formula is C19H30N4O. The number of nitrogens with one attached hydrogen (secondary N) is 1. The van der Waals surface area contributed by atoms with Crippen molar-refractivity contribution < 1.29 is 4.79 Å². The second kappa shape index (κ2) is 10.1. The Labute approximate surface area is 145 Å². The molecule has 0 saturated carbocycles. The van der Waals surface area contributed by atoms with E-state index in [-0.39, 0.29) is 5.91 Å². The van der Waals surface area contributed by atoms with E-state index < -0.39 is 0 Å². The van der Waals surface area contributed by atoms with Gasteiger partial charge < -0.3 is 10.2 Å². The minimum Gasteiger partial charge on any atom is -0.368 e. The summed E-state index contributed by atoms with van der Waals surface area (Å²) < 4.78 is 0. The van der Waals surface area contributed by atoms with Crippen LogP contribution in [0.25, 0.3) is 0 Å². The van der Waals surface area contributed by atoms with E-state index >= 15 is 0 Å². The summed E-state index contributed by atoms with van der Waals surface area (Å²) in [5, 5.41) is 3.30. The normalized spacial score (nSPS) is 14.2. The summed E-state index contributed by atoms with van der Waals surface area (Å²) in [6.45, 7) is 6.56. The van der Waals surface area contributed by atoms with Crippen molar-refractivity contribution in [3.05, 3.63) is 29.7 Å². The molecule has 0 fully saturated rings. The van der Waals surface area contributed by atoms with Gasteiger partial charge in [-0.1, -0.05) is 25.5 Å². The van der Waals surface area contributed by atoms with E-state index in [0.717, 1.165) is 44.7 Å². The van der Waals surface area contributed by atoms with Crippen molar-refractivity contribution in [2.45, 2.75) is 58.8 Å². The van der Waals surface area contributed by atoms with Gasteiger partial charge in [0.15, 0.2) is 0 Å². The summed E-state index contributed by atoms with van der Waals surface area (Å²) in [5.41, 5.74) is 1.97. The van der Waals surface area contributed by atoms with Crippen molar-refractivity contribution in [1.82, 2.24) is 14.9 Å². The molecule has 0 aliphatic heterocycles. The Balaban J connectivity index is 1.85. The second-order valence-electron chi connectivity index (χ2n) is 6.36. The Morgan fingerprint density at radius 2 is 1.96 bits per heavy atom. The van der Waals surface area contributed by atoms with Gasteiger partial charge >= 0.3 is 0 Å². The number of carbonyl (C=O) groups is 1. The summed E-state index contributed by atoms with van der Waals surface area (Å²) in [5.74, 6) is 0.714. The molecule has 132 valence electrons. The largest absolute Gasteiger partial charge is 0.368 e. The zero-order valence-electron chi connectivity index (χ0n) is 15.1. The molecule has 0 saturated heterocycles. The molecule has 1 N–H and O–H groups in total. The Bertz CT molecular complexity index is 533. The van der Waals surface area contributed by atoms with Gasteiger partial charge in [-0.15, -0.1) is 0 Å². The van der Waals surface area contributed by atoms with Gasteiger partial charge in [-0.2, -0.15) is 0 Å². The molecule has 1 aliphatic carbocycles. The lowest BCUT2D eigenvalue weighted by atomic mass is 9.97. The van der Waals surface area contributed by atoms with Gasteiger partial charge in [0.25, 0.3) is 5.91 Å². The average molecular weight is 330 g/mol. The molecule has 2 rings (SSSR count). The lowest BCUT2D eigenvalue weighted by Gasteiger charge is -2.20. The first-order chi connectivity index (χ1) is 11.7. The first kappa shape index (κ1) is 18.4. The third-order valence-corrected chi connectivity index (χ3v) is 4.28. The van der Waals surface area contributed by atoms with E-state index in [4.69, 9.17) is 0 Å². The fourth-order valence-electron chi connectivity index (χ4n) is 3.03. The number of amides is 1. The summed E-state index contributed by atoms with van der Waals surface area (Å²) >= 11 is 0. The monoisotopic (exact) mass is 330 g/mol. The molecule has 0 spiro atoms. The number of nitrogens with zero attached hydrogens (tertiary/aromatic N) is 3. The van der Waals surface area contributed by atoms with Crippen LogP contribution in [-0.2, 0) is 0 Å². The molecule has 1 aromatic heterocycles. The molecule has 1 heterocycles. The van der Waals surface area contributed by atoms with Crippen LogP contribution in [0.2, 0.25) is 0 Å². The molecule has 5 nitrogen and oxygen atoms in total. The quantitative estimate of drug-likeness (QED) is 0.694. The molecular weight excluding hydrogens is 300 g/mol. The van der Waals surface area contributed by atoms with E-state index in [1.54, 1.807) is 18.0 Å². The lowest BCUT2D eigenvalue weighted by Crippen LogP contribution is -2.33. The molecule has 5 heteroatoms. The Morgan fingerprint density at radius 1 is 1.17 bits per heavy atom. The van der Waals surface area contributed by atoms with Gasteiger partial charge in [0.05, 0.1) is 12.4 Å². The van der Waals surface area contributed by atoms with Crippen LogP contribution < -0.4 is 5.32 Å². The summed E-state index contributed by atoms with van der Waals surface area (Å²) in [6, 6.07) is 0. The first-order valence-corrected chi connectivity index (χ1v) is 9.27. The van der Waals surface area contributed by atoms with Gasteiger partial charge in [-0.25, -0.2) is 9.97 Å². The van der Waals surface area contributed by atoms with E-state index in [2.05, 4.69) is 35.2 Å². The van der Waals surface area contributed by atoms with Gasteiger partial charge in [0, 0.05) is 19.6 Å². The van der Waals surface area contributed by atoms with E-state index in [9.17, 15) is 4.79 Å². The number of aromatic nitrogens is 2. The zero-order chi connectivity index (χ0) is 17.2. The summed E-state index contributed by atoms with van der Waals surface area (Å²) in [6.07, 6.45) is 13.7. The van der Waals surface area contributed by atoms with Crippen molar-refractivity contribution >= 4 is 11.7 Å². The Morgan fingerprint density at radius 3 is 2.54 bits per heavy atom. The number of allylic oxidation sites excluding steroid dienone is 1. The number of hydrogen-bond acceptors (Lipinski definition) is 4. The van der Waals surface area contributed by atoms with E-state index in [1.165, 1.54) is 25.7 Å². The molecule has 0 atom stereocenters. The number of anilines is 1. The third-order valence-electron chi connectivity index (χ3n) is 4.28. The van der Waals surface area contributed by atoms with Crippen molar-refractivity contribution in [1.29, 1.82) is 0 Å². The predicted octanol–water partition coefficient (Wildman–Crippen LogP) is 4.04. The maximum Gasteiger partial charge on any atom is 0.274 e. The van der Waals surface area contributed by atoms with Crippen molar-refractivity contribution in [3.63, 3.8) is 0 Å². The number of hydrogen-bond donors (Lipinski definition) is 1. The van der Waals surface area contributed by atoms with Crippen LogP contribution in [0.3, 0.4) is 0 Å². The van der Waals surface area contributed by atoms with Crippen molar-refractivity contribution in [3.8, 4) is 0 Å². The molecule has 0 unspecified atom stereocenters. The standard InChI is InChI=1S/C19H30N4O/c1-3-12-23(13-4-2)19(24)17-14-22-18(15-21-17)20-11-10-16-8-6-5-7-9-16/h8,14-15H,3-7,9-13H2,1-2H3,(H,20,22). The molecule has 1 aromatic rings. The molecule has 0 radical (unpaired) electrons. The van der Waals surface area contributed by atoms with Crippen LogP contribution in [0.5, 0.6) is 0 Å². The van der Waals surface area contributed by atoms with Crippen LogP contribution in [0.1, 0.15) is 69.3 Å².